The Kier molecular flexibility index (Phi) is 12.9. The lowest BCUT2D eigenvalue weighted by Gasteiger charge is -2.22. The van der Waals surface area contributed by atoms with Gasteiger partial charge in [-0.25, -0.2) is 0 Å². The summed E-state index contributed by atoms with van der Waals surface area (Å²) in [7, 11) is 0. The second-order valence-corrected chi connectivity index (χ2v) is 9.87. The van der Waals surface area contributed by atoms with Crippen LogP contribution in [0.4, 0.5) is 0 Å². The Morgan fingerprint density at radius 1 is 0.658 bits per heavy atom. The van der Waals surface area contributed by atoms with Gasteiger partial charge in [0, 0.05) is 37.9 Å². The van der Waals surface area contributed by atoms with E-state index in [4.69, 9.17) is 0 Å². The molecule has 0 spiro atoms. The third-order valence-corrected chi connectivity index (χ3v) is 6.02. The fourth-order valence-corrected chi connectivity index (χ4v) is 3.76. The fourth-order valence-electron chi connectivity index (χ4n) is 3.76. The Morgan fingerprint density at radius 2 is 1.05 bits per heavy atom. The molecule has 0 bridgehead atoms. The molecule has 4 amide bonds. The van der Waals surface area contributed by atoms with Gasteiger partial charge in [-0.3, -0.25) is 29.1 Å². The van der Waals surface area contributed by atoms with Crippen LogP contribution in [0.25, 0.3) is 0 Å². The molecule has 0 aromatic carbocycles. The Labute approximate surface area is 224 Å². The first-order chi connectivity index (χ1) is 18.2. The molecule has 2 aromatic rings. The van der Waals surface area contributed by atoms with E-state index in [-0.39, 0.29) is 35.5 Å². The molecule has 2 aromatic heterocycles. The molecular formula is C28H40N6O4. The van der Waals surface area contributed by atoms with E-state index in [9.17, 15) is 19.2 Å². The summed E-state index contributed by atoms with van der Waals surface area (Å²) in [6.45, 7) is 8.55. The second kappa shape index (κ2) is 16.1. The number of hydrogen-bond acceptors (Lipinski definition) is 6. The average Bonchev–Trinajstić information content (AvgIpc) is 2.91. The SMILES string of the molecule is CC(C)[C@H](NC(=O)c1cccnc1)C(=O)NCCCCCCNC(=O)[C@@H](NC(=O)c1cccnc1)C(C)C. The minimum Gasteiger partial charge on any atom is -0.354 e. The standard InChI is InChI=1S/C28H40N6O4/c1-19(2)23(33-25(35)21-11-9-13-29-17-21)27(37)31-15-7-5-6-8-16-32-28(38)24(20(3)4)34-26(36)22-12-10-14-30-18-22/h9-14,17-20,23-24H,5-8,15-16H2,1-4H3,(H,31,37)(H,32,38)(H,33,35)(H,34,36)/t23-,24-/m0/s1. The third kappa shape index (κ3) is 10.3. The van der Waals surface area contributed by atoms with Gasteiger partial charge in [-0.2, -0.15) is 0 Å². The van der Waals surface area contributed by atoms with E-state index in [1.807, 2.05) is 27.7 Å². The molecule has 4 N–H and O–H groups in total. The molecule has 2 rings (SSSR count). The van der Waals surface area contributed by atoms with Gasteiger partial charge in [-0.05, 0) is 48.9 Å². The van der Waals surface area contributed by atoms with Crippen LogP contribution in [0.15, 0.2) is 49.1 Å². The van der Waals surface area contributed by atoms with E-state index in [1.165, 1.54) is 12.4 Å². The van der Waals surface area contributed by atoms with E-state index in [1.54, 1.807) is 36.7 Å². The number of nitrogens with one attached hydrogen (secondary N) is 4. The number of rotatable bonds is 15. The predicted molar refractivity (Wildman–Crippen MR) is 145 cm³/mol. The van der Waals surface area contributed by atoms with Crippen molar-refractivity contribution in [1.82, 2.24) is 31.2 Å². The summed E-state index contributed by atoms with van der Waals surface area (Å²) < 4.78 is 0. The summed E-state index contributed by atoms with van der Waals surface area (Å²) in [5, 5.41) is 11.4. The van der Waals surface area contributed by atoms with Crippen LogP contribution in [-0.4, -0.2) is 58.8 Å². The van der Waals surface area contributed by atoms with Gasteiger partial charge in [-0.15, -0.1) is 0 Å². The van der Waals surface area contributed by atoms with Crippen molar-refractivity contribution >= 4 is 23.6 Å². The van der Waals surface area contributed by atoms with Gasteiger partial charge in [0.2, 0.25) is 11.8 Å². The first-order valence-electron chi connectivity index (χ1n) is 13.2. The van der Waals surface area contributed by atoms with Crippen molar-refractivity contribution in [2.24, 2.45) is 11.8 Å². The number of unbranched alkanes of at least 4 members (excludes halogenated alkanes) is 3. The molecule has 2 heterocycles. The maximum absolute atomic E-state index is 12.6. The van der Waals surface area contributed by atoms with Crippen LogP contribution in [0.5, 0.6) is 0 Å². The Balaban J connectivity index is 1.64. The van der Waals surface area contributed by atoms with Gasteiger partial charge in [0.05, 0.1) is 11.1 Å². The molecule has 0 fully saturated rings. The lowest BCUT2D eigenvalue weighted by atomic mass is 10.0. The topological polar surface area (TPSA) is 142 Å². The third-order valence-electron chi connectivity index (χ3n) is 6.02. The van der Waals surface area contributed by atoms with Crippen molar-refractivity contribution in [3.63, 3.8) is 0 Å². The molecule has 2 atom stereocenters. The van der Waals surface area contributed by atoms with Crippen LogP contribution in [0.1, 0.15) is 74.1 Å². The zero-order chi connectivity index (χ0) is 27.9. The highest BCUT2D eigenvalue weighted by atomic mass is 16.2. The van der Waals surface area contributed by atoms with Crippen LogP contribution >= 0.6 is 0 Å². The smallest absolute Gasteiger partial charge is 0.253 e. The maximum Gasteiger partial charge on any atom is 0.253 e. The molecule has 0 aliphatic carbocycles. The zero-order valence-corrected chi connectivity index (χ0v) is 22.7. The molecule has 0 aliphatic rings. The van der Waals surface area contributed by atoms with Crippen LogP contribution in [0, 0.1) is 11.8 Å². The van der Waals surface area contributed by atoms with Crippen molar-refractivity contribution in [2.45, 2.75) is 65.5 Å². The minimum atomic E-state index is -0.634. The maximum atomic E-state index is 12.6. The molecule has 10 nitrogen and oxygen atoms in total. The van der Waals surface area contributed by atoms with Crippen LogP contribution in [-0.2, 0) is 9.59 Å². The summed E-state index contributed by atoms with van der Waals surface area (Å²) in [5.41, 5.74) is 0.822. The Hall–Kier alpha value is -3.82. The Bertz CT molecular complexity index is 947. The normalized spacial score (nSPS) is 12.5. The molecule has 0 unspecified atom stereocenters. The van der Waals surface area contributed by atoms with E-state index in [0.29, 0.717) is 24.2 Å². The lowest BCUT2D eigenvalue weighted by Crippen LogP contribution is -2.50. The van der Waals surface area contributed by atoms with Crippen LogP contribution in [0.2, 0.25) is 0 Å². The molecule has 0 aliphatic heterocycles. The molecular weight excluding hydrogens is 484 g/mol. The quantitative estimate of drug-likeness (QED) is 0.264. The van der Waals surface area contributed by atoms with Gasteiger partial charge in [0.1, 0.15) is 12.1 Å². The first-order valence-corrected chi connectivity index (χ1v) is 13.2. The van der Waals surface area contributed by atoms with Crippen molar-refractivity contribution in [3.8, 4) is 0 Å². The molecule has 38 heavy (non-hydrogen) atoms. The van der Waals surface area contributed by atoms with E-state index in [0.717, 1.165) is 25.7 Å². The number of nitrogens with zero attached hydrogens (tertiary/aromatic N) is 2. The van der Waals surface area contributed by atoms with E-state index < -0.39 is 12.1 Å². The molecule has 0 radical (unpaired) electrons. The number of hydrogen-bond donors (Lipinski definition) is 4. The fraction of sp³-hybridized carbons (Fsp3) is 0.500. The van der Waals surface area contributed by atoms with Crippen molar-refractivity contribution < 1.29 is 19.2 Å². The van der Waals surface area contributed by atoms with Crippen LogP contribution < -0.4 is 21.3 Å². The second-order valence-electron chi connectivity index (χ2n) is 9.87. The molecule has 0 saturated heterocycles. The first kappa shape index (κ1) is 30.4. The summed E-state index contributed by atoms with van der Waals surface area (Å²) in [5.74, 6) is -1.21. The molecule has 0 saturated carbocycles. The van der Waals surface area contributed by atoms with Gasteiger partial charge in [-0.1, -0.05) is 40.5 Å². The lowest BCUT2D eigenvalue weighted by molar-refractivity contribution is -0.124. The predicted octanol–water partition coefficient (Wildman–Crippen LogP) is 2.48. The highest BCUT2D eigenvalue weighted by molar-refractivity contribution is 5.98. The van der Waals surface area contributed by atoms with Crippen molar-refractivity contribution in [1.29, 1.82) is 0 Å². The van der Waals surface area contributed by atoms with Gasteiger partial charge in [0.25, 0.3) is 11.8 Å². The average molecular weight is 525 g/mol. The minimum absolute atomic E-state index is 0.0666. The largest absolute Gasteiger partial charge is 0.354 e. The van der Waals surface area contributed by atoms with E-state index >= 15 is 0 Å². The summed E-state index contributed by atoms with van der Waals surface area (Å²) in [6, 6.07) is 5.39. The number of aromatic nitrogens is 2. The van der Waals surface area contributed by atoms with Gasteiger partial charge >= 0.3 is 0 Å². The highest BCUT2D eigenvalue weighted by Gasteiger charge is 2.25. The summed E-state index contributed by atoms with van der Waals surface area (Å²) in [6.07, 6.45) is 9.46. The van der Waals surface area contributed by atoms with Crippen molar-refractivity contribution in [2.75, 3.05) is 13.1 Å². The summed E-state index contributed by atoms with van der Waals surface area (Å²) in [4.78, 5) is 57.9. The number of amides is 4. The van der Waals surface area contributed by atoms with E-state index in [2.05, 4.69) is 31.2 Å². The molecule has 206 valence electrons. The number of carbonyl (C=O) groups is 4. The number of carbonyl (C=O) groups excluding carboxylic acids is 4. The monoisotopic (exact) mass is 524 g/mol. The zero-order valence-electron chi connectivity index (χ0n) is 22.7. The van der Waals surface area contributed by atoms with Crippen LogP contribution in [0.3, 0.4) is 0 Å². The number of pyridine rings is 2. The molecule has 10 heteroatoms. The Morgan fingerprint density at radius 3 is 1.37 bits per heavy atom. The van der Waals surface area contributed by atoms with Gasteiger partial charge < -0.3 is 21.3 Å². The van der Waals surface area contributed by atoms with Gasteiger partial charge in [0.15, 0.2) is 0 Å². The highest BCUT2D eigenvalue weighted by Crippen LogP contribution is 2.07. The summed E-state index contributed by atoms with van der Waals surface area (Å²) >= 11 is 0. The van der Waals surface area contributed by atoms with Crippen molar-refractivity contribution in [3.05, 3.63) is 60.2 Å².